The van der Waals surface area contributed by atoms with Crippen LogP contribution in [0.1, 0.15) is 50.5 Å². The molecule has 0 spiro atoms. The van der Waals surface area contributed by atoms with Crippen LogP contribution in [0.4, 0.5) is 22.9 Å². The van der Waals surface area contributed by atoms with Crippen LogP contribution in [0.5, 0.6) is 0 Å². The van der Waals surface area contributed by atoms with Crippen LogP contribution in [0.15, 0.2) is 36.5 Å². The van der Waals surface area contributed by atoms with Gasteiger partial charge in [0, 0.05) is 37.0 Å². The highest BCUT2D eigenvalue weighted by Gasteiger charge is 2.37. The molecule has 7 nitrogen and oxygen atoms in total. The molecule has 1 aromatic heterocycles. The van der Waals surface area contributed by atoms with E-state index in [9.17, 15) is 4.79 Å². The standard InChI is InChI=1S/C27H34N4O3/c1-33-21-10-7-18(8-11-21)27(32)31-17-19-4-3-13-28-26(19)29-22-12-9-20(16-24(22)31)30-14-15-34-25-6-2-5-23(25)30/h3-4,9,12-13,16,18,21,23,25H,2,5-8,10-11,14-15,17H2,1H3,(H,28,29)/t18-,21-,23?,25?. The summed E-state index contributed by atoms with van der Waals surface area (Å²) in [7, 11) is 1.77. The molecule has 1 aromatic carbocycles. The van der Waals surface area contributed by atoms with Crippen molar-refractivity contribution >= 4 is 28.8 Å². The van der Waals surface area contributed by atoms with E-state index in [-0.39, 0.29) is 17.9 Å². The largest absolute Gasteiger partial charge is 0.381 e. The summed E-state index contributed by atoms with van der Waals surface area (Å²) in [5.41, 5.74) is 4.12. The number of nitrogens with one attached hydrogen (secondary N) is 1. The van der Waals surface area contributed by atoms with Crippen LogP contribution in [-0.4, -0.2) is 49.4 Å². The summed E-state index contributed by atoms with van der Waals surface area (Å²) in [6.07, 6.45) is 9.58. The number of morpholine rings is 1. The van der Waals surface area contributed by atoms with Gasteiger partial charge >= 0.3 is 0 Å². The third-order valence-corrected chi connectivity index (χ3v) is 8.18. The molecular formula is C27H34N4O3. The van der Waals surface area contributed by atoms with E-state index in [0.717, 1.165) is 68.0 Å². The van der Waals surface area contributed by atoms with E-state index in [2.05, 4.69) is 39.5 Å². The van der Waals surface area contributed by atoms with E-state index in [4.69, 9.17) is 9.47 Å². The van der Waals surface area contributed by atoms with E-state index >= 15 is 0 Å². The maximum atomic E-state index is 13.9. The van der Waals surface area contributed by atoms with E-state index in [0.29, 0.717) is 18.7 Å². The maximum absolute atomic E-state index is 13.9. The summed E-state index contributed by atoms with van der Waals surface area (Å²) < 4.78 is 11.6. The number of nitrogens with zero attached hydrogens (tertiary/aromatic N) is 3. The third kappa shape index (κ3) is 3.95. The lowest BCUT2D eigenvalue weighted by Crippen LogP contribution is -2.48. The summed E-state index contributed by atoms with van der Waals surface area (Å²) in [4.78, 5) is 23.0. The van der Waals surface area contributed by atoms with Crippen molar-refractivity contribution in [2.75, 3.05) is 35.4 Å². The number of carbonyl (C=O) groups is 1. The number of hydrogen-bond donors (Lipinski definition) is 1. The molecule has 180 valence electrons. The predicted octanol–water partition coefficient (Wildman–Crippen LogP) is 4.63. The quantitative estimate of drug-likeness (QED) is 0.717. The molecule has 2 unspecified atom stereocenters. The highest BCUT2D eigenvalue weighted by molar-refractivity contribution is 6.00. The van der Waals surface area contributed by atoms with Gasteiger partial charge in [-0.15, -0.1) is 0 Å². The Balaban J connectivity index is 1.35. The number of anilines is 4. The van der Waals surface area contributed by atoms with Gasteiger partial charge in [0.15, 0.2) is 0 Å². The molecule has 2 aliphatic heterocycles. The number of fused-ring (bicyclic) bond motifs is 3. The number of hydrogen-bond acceptors (Lipinski definition) is 6. The smallest absolute Gasteiger partial charge is 0.230 e. The first kappa shape index (κ1) is 21.9. The lowest BCUT2D eigenvalue weighted by molar-refractivity contribution is -0.124. The summed E-state index contributed by atoms with van der Waals surface area (Å²) in [6, 6.07) is 11.0. The van der Waals surface area contributed by atoms with Gasteiger partial charge in [0.1, 0.15) is 5.82 Å². The van der Waals surface area contributed by atoms with E-state index in [1.807, 2.05) is 11.0 Å². The zero-order chi connectivity index (χ0) is 23.1. The van der Waals surface area contributed by atoms with Crippen molar-refractivity contribution in [2.24, 2.45) is 5.92 Å². The fourth-order valence-electron chi connectivity index (χ4n) is 6.30. The second kappa shape index (κ2) is 9.19. The highest BCUT2D eigenvalue weighted by atomic mass is 16.5. The Kier molecular flexibility index (Phi) is 5.91. The molecule has 1 amide bonds. The van der Waals surface area contributed by atoms with Gasteiger partial charge < -0.3 is 24.6 Å². The second-order valence-corrected chi connectivity index (χ2v) is 10.1. The average Bonchev–Trinajstić information content (AvgIpc) is 3.31. The lowest BCUT2D eigenvalue weighted by atomic mass is 9.86. The van der Waals surface area contributed by atoms with Crippen molar-refractivity contribution in [3.05, 3.63) is 42.1 Å². The van der Waals surface area contributed by atoms with Gasteiger partial charge in [-0.05, 0) is 69.2 Å². The van der Waals surface area contributed by atoms with E-state index in [1.54, 1.807) is 13.3 Å². The van der Waals surface area contributed by atoms with Gasteiger partial charge in [0.25, 0.3) is 0 Å². The number of benzene rings is 1. The summed E-state index contributed by atoms with van der Waals surface area (Å²) in [5, 5.41) is 3.52. The van der Waals surface area contributed by atoms with Gasteiger partial charge in [-0.25, -0.2) is 4.98 Å². The number of aromatic nitrogens is 1. The van der Waals surface area contributed by atoms with E-state index in [1.165, 1.54) is 18.5 Å². The summed E-state index contributed by atoms with van der Waals surface area (Å²) >= 11 is 0. The average molecular weight is 463 g/mol. The molecule has 2 aliphatic carbocycles. The first-order chi connectivity index (χ1) is 16.7. The molecule has 6 rings (SSSR count). The number of amides is 1. The minimum Gasteiger partial charge on any atom is -0.381 e. The number of carbonyl (C=O) groups excluding carboxylic acids is 1. The van der Waals surface area contributed by atoms with Gasteiger partial charge in [0.05, 0.1) is 42.8 Å². The zero-order valence-electron chi connectivity index (χ0n) is 19.9. The van der Waals surface area contributed by atoms with Gasteiger partial charge in [0.2, 0.25) is 5.91 Å². The topological polar surface area (TPSA) is 66.9 Å². The van der Waals surface area contributed by atoms with Crippen LogP contribution in [0.25, 0.3) is 0 Å². The SMILES string of the molecule is CO[C@H]1CC[C@H](C(=O)N2Cc3cccnc3Nc3ccc(N4CCOC5CCCC54)cc32)CC1. The minimum absolute atomic E-state index is 0.0312. The number of ether oxygens (including phenoxy) is 2. The highest BCUT2D eigenvalue weighted by Crippen LogP contribution is 2.41. The van der Waals surface area contributed by atoms with Crippen LogP contribution in [0.3, 0.4) is 0 Å². The third-order valence-electron chi connectivity index (χ3n) is 8.18. The number of pyridine rings is 1. The zero-order valence-corrected chi connectivity index (χ0v) is 19.9. The van der Waals surface area contributed by atoms with E-state index < -0.39 is 0 Å². The minimum atomic E-state index is 0.0312. The lowest BCUT2D eigenvalue weighted by Gasteiger charge is -2.40. The molecule has 0 radical (unpaired) electrons. The van der Waals surface area contributed by atoms with Gasteiger partial charge in [-0.2, -0.15) is 0 Å². The Morgan fingerprint density at radius 2 is 2.03 bits per heavy atom. The fourth-order valence-corrected chi connectivity index (χ4v) is 6.30. The van der Waals surface area contributed by atoms with Crippen LogP contribution in [0.2, 0.25) is 0 Å². The Morgan fingerprint density at radius 1 is 1.15 bits per heavy atom. The van der Waals surface area contributed by atoms with Crippen LogP contribution in [-0.2, 0) is 20.8 Å². The van der Waals surface area contributed by atoms with Crippen LogP contribution in [0, 0.1) is 5.92 Å². The monoisotopic (exact) mass is 462 g/mol. The van der Waals surface area contributed by atoms with Crippen molar-refractivity contribution in [3.8, 4) is 0 Å². The maximum Gasteiger partial charge on any atom is 0.230 e. The first-order valence-electron chi connectivity index (χ1n) is 12.8. The normalized spacial score (nSPS) is 28.4. The summed E-state index contributed by atoms with van der Waals surface area (Å²) in [6.45, 7) is 2.19. The first-order valence-corrected chi connectivity index (χ1v) is 12.8. The second-order valence-electron chi connectivity index (χ2n) is 10.1. The molecule has 3 fully saturated rings. The van der Waals surface area contributed by atoms with Crippen molar-refractivity contribution in [3.63, 3.8) is 0 Å². The molecule has 1 N–H and O–H groups in total. The molecule has 34 heavy (non-hydrogen) atoms. The molecule has 0 bridgehead atoms. The molecule has 7 heteroatoms. The van der Waals surface area contributed by atoms with Crippen molar-refractivity contribution in [1.29, 1.82) is 0 Å². The summed E-state index contributed by atoms with van der Waals surface area (Å²) in [5.74, 6) is 1.08. The van der Waals surface area contributed by atoms with Gasteiger partial charge in [-0.3, -0.25) is 4.79 Å². The van der Waals surface area contributed by atoms with Crippen molar-refractivity contribution in [2.45, 2.75) is 69.7 Å². The van der Waals surface area contributed by atoms with Crippen molar-refractivity contribution in [1.82, 2.24) is 4.98 Å². The molecule has 2 saturated carbocycles. The Morgan fingerprint density at radius 3 is 2.88 bits per heavy atom. The Bertz CT molecular complexity index is 1050. The predicted molar refractivity (Wildman–Crippen MR) is 133 cm³/mol. The molecular weight excluding hydrogens is 428 g/mol. The Labute approximate surface area is 201 Å². The van der Waals surface area contributed by atoms with Gasteiger partial charge in [-0.1, -0.05) is 6.07 Å². The van der Waals surface area contributed by atoms with Crippen molar-refractivity contribution < 1.29 is 14.3 Å². The molecule has 2 aromatic rings. The number of methoxy groups -OCH3 is 1. The molecule has 1 saturated heterocycles. The number of rotatable bonds is 3. The molecule has 3 heterocycles. The Hall–Kier alpha value is -2.64. The molecule has 4 aliphatic rings. The fraction of sp³-hybridized carbons (Fsp3) is 0.556. The van der Waals surface area contributed by atoms with Crippen LogP contribution >= 0.6 is 0 Å². The molecule has 2 atom stereocenters. The van der Waals surface area contributed by atoms with Crippen LogP contribution < -0.4 is 15.1 Å².